The van der Waals surface area contributed by atoms with Gasteiger partial charge in [0.05, 0.1) is 6.10 Å². The fourth-order valence-corrected chi connectivity index (χ4v) is 3.43. The van der Waals surface area contributed by atoms with Crippen LogP contribution in [-0.4, -0.2) is 43.3 Å². The van der Waals surface area contributed by atoms with Gasteiger partial charge in [0.2, 0.25) is 0 Å². The second kappa shape index (κ2) is 7.18. The van der Waals surface area contributed by atoms with Gasteiger partial charge in [0.25, 0.3) is 0 Å². The van der Waals surface area contributed by atoms with Gasteiger partial charge in [-0.3, -0.25) is 4.90 Å². The molecule has 2 saturated heterocycles. The smallest absolute Gasteiger partial charge is 0.124 e. The highest BCUT2D eigenvalue weighted by atomic mass is 35.5. The van der Waals surface area contributed by atoms with Gasteiger partial charge < -0.3 is 15.2 Å². The van der Waals surface area contributed by atoms with Crippen LogP contribution in [0.1, 0.15) is 25.3 Å². The van der Waals surface area contributed by atoms with Crippen molar-refractivity contribution in [3.8, 4) is 5.75 Å². The second-order valence-electron chi connectivity index (χ2n) is 6.53. The third-order valence-electron chi connectivity index (χ3n) is 4.61. The standard InChI is InChI=1S/C17H25ClN2O2/c1-12-8-20(10-16(12)19)9-13-7-14(18)4-5-17(13)22-11-15-3-2-6-21-15/h4-5,7,12,15-16H,2-3,6,8-11,19H2,1H3. The van der Waals surface area contributed by atoms with Gasteiger partial charge in [-0.1, -0.05) is 18.5 Å². The zero-order valence-corrected chi connectivity index (χ0v) is 13.9. The fraction of sp³-hybridized carbons (Fsp3) is 0.647. The molecule has 2 aliphatic rings. The number of benzene rings is 1. The molecular weight excluding hydrogens is 300 g/mol. The van der Waals surface area contributed by atoms with Crippen molar-refractivity contribution >= 4 is 11.6 Å². The molecule has 2 aliphatic heterocycles. The molecule has 0 bridgehead atoms. The lowest BCUT2D eigenvalue weighted by molar-refractivity contribution is 0.0673. The number of ether oxygens (including phenoxy) is 2. The first-order valence-electron chi connectivity index (χ1n) is 8.12. The van der Waals surface area contributed by atoms with Gasteiger partial charge in [0, 0.05) is 42.9 Å². The Balaban J connectivity index is 1.65. The van der Waals surface area contributed by atoms with Crippen LogP contribution < -0.4 is 10.5 Å². The third kappa shape index (κ3) is 3.93. The minimum atomic E-state index is 0.226. The molecule has 0 aliphatic carbocycles. The minimum Gasteiger partial charge on any atom is -0.491 e. The van der Waals surface area contributed by atoms with E-state index in [2.05, 4.69) is 11.8 Å². The van der Waals surface area contributed by atoms with Crippen molar-refractivity contribution in [1.82, 2.24) is 4.90 Å². The largest absolute Gasteiger partial charge is 0.491 e. The zero-order valence-electron chi connectivity index (χ0n) is 13.1. The van der Waals surface area contributed by atoms with Crippen LogP contribution in [0, 0.1) is 5.92 Å². The number of likely N-dealkylation sites (tertiary alicyclic amines) is 1. The SMILES string of the molecule is CC1CN(Cc2cc(Cl)ccc2OCC2CCCO2)CC1N. The summed E-state index contributed by atoms with van der Waals surface area (Å²) < 4.78 is 11.6. The molecule has 1 aromatic rings. The highest BCUT2D eigenvalue weighted by Gasteiger charge is 2.27. The van der Waals surface area contributed by atoms with Gasteiger partial charge in [-0.05, 0) is 37.0 Å². The molecule has 0 spiro atoms. The van der Waals surface area contributed by atoms with Crippen LogP contribution in [0.15, 0.2) is 18.2 Å². The Hall–Kier alpha value is -0.810. The topological polar surface area (TPSA) is 47.7 Å². The Morgan fingerprint density at radius 1 is 1.41 bits per heavy atom. The van der Waals surface area contributed by atoms with Crippen molar-refractivity contribution < 1.29 is 9.47 Å². The van der Waals surface area contributed by atoms with Gasteiger partial charge in [-0.2, -0.15) is 0 Å². The lowest BCUT2D eigenvalue weighted by atomic mass is 10.1. The molecule has 0 radical (unpaired) electrons. The molecular formula is C17H25ClN2O2. The summed E-state index contributed by atoms with van der Waals surface area (Å²) in [6.45, 7) is 6.46. The van der Waals surface area contributed by atoms with Crippen LogP contribution in [-0.2, 0) is 11.3 Å². The van der Waals surface area contributed by atoms with Crippen molar-refractivity contribution in [3.05, 3.63) is 28.8 Å². The molecule has 3 unspecified atom stereocenters. The van der Waals surface area contributed by atoms with E-state index in [0.717, 1.165) is 55.4 Å². The monoisotopic (exact) mass is 324 g/mol. The molecule has 3 atom stereocenters. The number of nitrogens with zero attached hydrogens (tertiary/aromatic N) is 1. The average molecular weight is 325 g/mol. The van der Waals surface area contributed by atoms with Crippen molar-refractivity contribution in [2.45, 2.75) is 38.5 Å². The Morgan fingerprint density at radius 3 is 2.95 bits per heavy atom. The van der Waals surface area contributed by atoms with Crippen molar-refractivity contribution in [3.63, 3.8) is 0 Å². The van der Waals surface area contributed by atoms with Crippen molar-refractivity contribution in [2.75, 3.05) is 26.3 Å². The summed E-state index contributed by atoms with van der Waals surface area (Å²) in [4.78, 5) is 2.37. The average Bonchev–Trinajstić information content (AvgIpc) is 3.09. The highest BCUT2D eigenvalue weighted by molar-refractivity contribution is 6.30. The summed E-state index contributed by atoms with van der Waals surface area (Å²) in [5.74, 6) is 1.45. The first-order valence-corrected chi connectivity index (χ1v) is 8.50. The van der Waals surface area contributed by atoms with E-state index in [1.165, 1.54) is 0 Å². The molecule has 22 heavy (non-hydrogen) atoms. The number of rotatable bonds is 5. The Morgan fingerprint density at radius 2 is 2.27 bits per heavy atom. The number of halogens is 1. The molecule has 0 amide bonds. The van der Waals surface area contributed by atoms with E-state index in [9.17, 15) is 0 Å². The highest BCUT2D eigenvalue weighted by Crippen LogP contribution is 2.27. The number of hydrogen-bond acceptors (Lipinski definition) is 4. The van der Waals surface area contributed by atoms with E-state index in [1.807, 2.05) is 18.2 Å². The fourth-order valence-electron chi connectivity index (χ4n) is 3.24. The summed E-state index contributed by atoms with van der Waals surface area (Å²) in [6.07, 6.45) is 2.44. The maximum atomic E-state index is 6.16. The van der Waals surface area contributed by atoms with Crippen LogP contribution in [0.3, 0.4) is 0 Å². The van der Waals surface area contributed by atoms with E-state index in [4.69, 9.17) is 26.8 Å². The van der Waals surface area contributed by atoms with Gasteiger partial charge in [-0.15, -0.1) is 0 Å². The number of nitrogens with two attached hydrogens (primary N) is 1. The van der Waals surface area contributed by atoms with Gasteiger partial charge in [0.1, 0.15) is 12.4 Å². The Labute approximate surface area is 137 Å². The normalized spacial score (nSPS) is 29.1. The Bertz CT molecular complexity index is 495. The first kappa shape index (κ1) is 16.1. The maximum Gasteiger partial charge on any atom is 0.124 e. The first-order chi connectivity index (χ1) is 10.6. The summed E-state index contributed by atoms with van der Waals surface area (Å²) in [5.41, 5.74) is 7.25. The van der Waals surface area contributed by atoms with Gasteiger partial charge in [-0.25, -0.2) is 0 Å². The quantitative estimate of drug-likeness (QED) is 0.904. The van der Waals surface area contributed by atoms with E-state index in [0.29, 0.717) is 12.5 Å². The molecule has 0 saturated carbocycles. The van der Waals surface area contributed by atoms with Gasteiger partial charge >= 0.3 is 0 Å². The minimum absolute atomic E-state index is 0.226. The Kier molecular flexibility index (Phi) is 5.24. The summed E-state index contributed by atoms with van der Waals surface area (Å²) >= 11 is 6.16. The lowest BCUT2D eigenvalue weighted by Gasteiger charge is -2.19. The summed E-state index contributed by atoms with van der Waals surface area (Å²) in [5, 5.41) is 0.746. The molecule has 0 aromatic heterocycles. The van der Waals surface area contributed by atoms with E-state index in [-0.39, 0.29) is 12.1 Å². The predicted octanol–water partition coefficient (Wildman–Crippen LogP) is 2.68. The maximum absolute atomic E-state index is 6.16. The second-order valence-corrected chi connectivity index (χ2v) is 6.97. The van der Waals surface area contributed by atoms with Crippen LogP contribution in [0.25, 0.3) is 0 Å². The summed E-state index contributed by atoms with van der Waals surface area (Å²) in [6, 6.07) is 6.11. The summed E-state index contributed by atoms with van der Waals surface area (Å²) in [7, 11) is 0. The predicted molar refractivity (Wildman–Crippen MR) is 88.3 cm³/mol. The third-order valence-corrected chi connectivity index (χ3v) is 4.85. The van der Waals surface area contributed by atoms with E-state index >= 15 is 0 Å². The van der Waals surface area contributed by atoms with Crippen LogP contribution in [0.2, 0.25) is 5.02 Å². The molecule has 2 N–H and O–H groups in total. The molecule has 3 rings (SSSR count). The van der Waals surface area contributed by atoms with E-state index in [1.54, 1.807) is 0 Å². The van der Waals surface area contributed by atoms with Crippen LogP contribution >= 0.6 is 11.6 Å². The lowest BCUT2D eigenvalue weighted by Crippen LogP contribution is -2.28. The van der Waals surface area contributed by atoms with Crippen molar-refractivity contribution in [2.24, 2.45) is 11.7 Å². The molecule has 2 fully saturated rings. The molecule has 122 valence electrons. The zero-order chi connectivity index (χ0) is 15.5. The van der Waals surface area contributed by atoms with E-state index < -0.39 is 0 Å². The molecule has 1 aromatic carbocycles. The molecule has 5 heteroatoms. The number of hydrogen-bond donors (Lipinski definition) is 1. The van der Waals surface area contributed by atoms with Crippen LogP contribution in [0.5, 0.6) is 5.75 Å². The molecule has 4 nitrogen and oxygen atoms in total. The van der Waals surface area contributed by atoms with Crippen molar-refractivity contribution in [1.29, 1.82) is 0 Å². The molecule has 2 heterocycles. The van der Waals surface area contributed by atoms with Crippen LogP contribution in [0.4, 0.5) is 0 Å². The van der Waals surface area contributed by atoms with Gasteiger partial charge in [0.15, 0.2) is 0 Å².